The van der Waals surface area contributed by atoms with Crippen molar-refractivity contribution in [3.8, 4) is 11.3 Å². The third-order valence-corrected chi connectivity index (χ3v) is 6.25. The molecule has 0 bridgehead atoms. The van der Waals surface area contributed by atoms with Crippen molar-refractivity contribution >= 4 is 22.2 Å². The Morgan fingerprint density at radius 3 is 2.53 bits per heavy atom. The van der Waals surface area contributed by atoms with E-state index in [1.54, 1.807) is 12.4 Å². The lowest BCUT2D eigenvalue weighted by molar-refractivity contribution is 0.103. The van der Waals surface area contributed by atoms with E-state index in [9.17, 15) is 4.79 Å². The van der Waals surface area contributed by atoms with Crippen LogP contribution in [0.1, 0.15) is 28.9 Å². The number of anilines is 1. The van der Waals surface area contributed by atoms with E-state index in [0.29, 0.717) is 11.3 Å². The van der Waals surface area contributed by atoms with Crippen molar-refractivity contribution in [1.82, 2.24) is 19.8 Å². The molecule has 1 aliphatic heterocycles. The van der Waals surface area contributed by atoms with Gasteiger partial charge in [-0.2, -0.15) is 0 Å². The highest BCUT2D eigenvalue weighted by molar-refractivity contribution is 6.26. The summed E-state index contributed by atoms with van der Waals surface area (Å²) in [5, 5.41) is 5.38. The number of benzene rings is 1. The fourth-order valence-electron chi connectivity index (χ4n) is 4.51. The fraction of sp³-hybridized carbons (Fsp3) is 0.375. The molecule has 6 heteroatoms. The van der Waals surface area contributed by atoms with Crippen LogP contribution in [-0.2, 0) is 0 Å². The molecule has 0 radical (unpaired) electrons. The number of hydrogen-bond donors (Lipinski definition) is 1. The molecule has 3 heterocycles. The lowest BCUT2D eigenvalue weighted by Gasteiger charge is -2.32. The monoisotopic (exact) mass is 401 g/mol. The molecular formula is C24H27N5O. The second-order valence-electron chi connectivity index (χ2n) is 8.25. The number of fused-ring (bicyclic) bond motifs is 2. The number of piperazine rings is 1. The lowest BCUT2D eigenvalue weighted by atomic mass is 9.87. The van der Waals surface area contributed by atoms with Crippen LogP contribution in [0.15, 0.2) is 42.7 Å². The Kier molecular flexibility index (Phi) is 5.19. The summed E-state index contributed by atoms with van der Waals surface area (Å²) in [6.07, 6.45) is 5.75. The van der Waals surface area contributed by atoms with Gasteiger partial charge in [0.1, 0.15) is 5.69 Å². The number of carbonyl (C=O) groups excluding carboxylic acids is 1. The summed E-state index contributed by atoms with van der Waals surface area (Å²) in [6.45, 7) is 6.64. The number of aromatic nitrogens is 2. The van der Waals surface area contributed by atoms with Gasteiger partial charge in [-0.25, -0.2) is 0 Å². The van der Waals surface area contributed by atoms with Crippen LogP contribution in [0.4, 0.5) is 5.69 Å². The Balaban J connectivity index is 1.30. The van der Waals surface area contributed by atoms with E-state index in [1.807, 2.05) is 30.3 Å². The number of ketones is 1. The Morgan fingerprint density at radius 2 is 1.73 bits per heavy atom. The summed E-state index contributed by atoms with van der Waals surface area (Å²) in [4.78, 5) is 27.2. The topological polar surface area (TPSA) is 61.4 Å². The molecule has 0 amide bonds. The van der Waals surface area contributed by atoms with E-state index in [0.717, 1.165) is 79.8 Å². The molecule has 0 unspecified atom stereocenters. The highest BCUT2D eigenvalue weighted by atomic mass is 16.1. The molecule has 30 heavy (non-hydrogen) atoms. The Labute approximate surface area is 176 Å². The van der Waals surface area contributed by atoms with E-state index >= 15 is 0 Å². The van der Waals surface area contributed by atoms with Crippen LogP contribution in [0.25, 0.3) is 22.0 Å². The molecule has 2 aliphatic rings. The van der Waals surface area contributed by atoms with Crippen LogP contribution in [-0.4, -0.2) is 71.9 Å². The molecule has 5 rings (SSSR count). The Hall–Kier alpha value is -2.83. The molecule has 1 saturated heterocycles. The summed E-state index contributed by atoms with van der Waals surface area (Å²) in [7, 11) is 2.19. The molecule has 1 aliphatic carbocycles. The second kappa shape index (κ2) is 8.13. The summed E-state index contributed by atoms with van der Waals surface area (Å²) < 4.78 is 0. The van der Waals surface area contributed by atoms with Gasteiger partial charge in [0.25, 0.3) is 0 Å². The fourth-order valence-corrected chi connectivity index (χ4v) is 4.51. The maximum Gasteiger partial charge on any atom is 0.214 e. The summed E-state index contributed by atoms with van der Waals surface area (Å²) >= 11 is 0. The highest BCUT2D eigenvalue weighted by Crippen LogP contribution is 2.39. The van der Waals surface area contributed by atoms with Crippen molar-refractivity contribution in [2.45, 2.75) is 12.8 Å². The second-order valence-corrected chi connectivity index (χ2v) is 8.25. The number of nitrogens with zero attached hydrogens (tertiary/aromatic N) is 4. The van der Waals surface area contributed by atoms with Gasteiger partial charge in [0, 0.05) is 61.8 Å². The maximum absolute atomic E-state index is 13.3. The van der Waals surface area contributed by atoms with Gasteiger partial charge in [-0.15, -0.1) is 0 Å². The summed E-state index contributed by atoms with van der Waals surface area (Å²) in [6, 6.07) is 9.85. The summed E-state index contributed by atoms with van der Waals surface area (Å²) in [5.41, 5.74) is 3.83. The molecule has 1 N–H and O–H groups in total. The van der Waals surface area contributed by atoms with Crippen molar-refractivity contribution in [2.24, 2.45) is 0 Å². The molecule has 1 fully saturated rings. The SMILES string of the molecule is CN1CCN(CCCCNc2cccc3c2C(=O)c2nccc4ccnc-3c24)CC1. The van der Waals surface area contributed by atoms with Gasteiger partial charge in [0.05, 0.1) is 11.3 Å². The van der Waals surface area contributed by atoms with Crippen LogP contribution >= 0.6 is 0 Å². The predicted octanol–water partition coefficient (Wildman–Crippen LogP) is 3.28. The molecule has 0 spiro atoms. The van der Waals surface area contributed by atoms with Gasteiger partial charge < -0.3 is 15.1 Å². The minimum absolute atomic E-state index is 0.0170. The first-order valence-corrected chi connectivity index (χ1v) is 10.8. The molecule has 6 nitrogen and oxygen atoms in total. The van der Waals surface area contributed by atoms with Gasteiger partial charge >= 0.3 is 0 Å². The molecule has 1 aromatic carbocycles. The minimum atomic E-state index is -0.0170. The van der Waals surface area contributed by atoms with Crippen LogP contribution in [0.2, 0.25) is 0 Å². The zero-order valence-corrected chi connectivity index (χ0v) is 17.4. The number of hydrogen-bond acceptors (Lipinski definition) is 6. The first-order valence-electron chi connectivity index (χ1n) is 10.8. The molecule has 0 saturated carbocycles. The lowest BCUT2D eigenvalue weighted by Crippen LogP contribution is -2.44. The van der Waals surface area contributed by atoms with Crippen molar-refractivity contribution in [3.63, 3.8) is 0 Å². The molecule has 3 aromatic rings. The largest absolute Gasteiger partial charge is 0.384 e. The van der Waals surface area contributed by atoms with Gasteiger partial charge in [0.2, 0.25) is 5.78 Å². The average molecular weight is 402 g/mol. The standard InChI is InChI=1S/C24H27N5O/c1-28-13-15-29(16-14-28)12-3-2-9-25-19-6-4-5-18-21(19)24(30)23-20-17(8-11-27-23)7-10-26-22(18)20/h4-8,10-11,25H,2-3,9,12-16H2,1H3. The van der Waals surface area contributed by atoms with Gasteiger partial charge in [0.15, 0.2) is 0 Å². The zero-order chi connectivity index (χ0) is 20.5. The third kappa shape index (κ3) is 3.46. The Morgan fingerprint density at radius 1 is 0.967 bits per heavy atom. The number of likely N-dealkylation sites (N-methyl/N-ethyl adjacent to an activating group) is 1. The van der Waals surface area contributed by atoms with Gasteiger partial charge in [-0.3, -0.25) is 14.8 Å². The maximum atomic E-state index is 13.3. The van der Waals surface area contributed by atoms with Crippen molar-refractivity contribution in [2.75, 3.05) is 51.6 Å². The van der Waals surface area contributed by atoms with E-state index in [4.69, 9.17) is 0 Å². The normalized spacial score (nSPS) is 16.6. The van der Waals surface area contributed by atoms with E-state index in [1.165, 1.54) is 0 Å². The van der Waals surface area contributed by atoms with Crippen LogP contribution < -0.4 is 5.32 Å². The van der Waals surface area contributed by atoms with Crippen molar-refractivity contribution in [3.05, 3.63) is 54.0 Å². The number of rotatable bonds is 6. The number of nitrogens with one attached hydrogen (secondary N) is 1. The highest BCUT2D eigenvalue weighted by Gasteiger charge is 2.29. The first-order chi connectivity index (χ1) is 14.7. The third-order valence-electron chi connectivity index (χ3n) is 6.25. The van der Waals surface area contributed by atoms with E-state index in [2.05, 4.69) is 32.1 Å². The zero-order valence-electron chi connectivity index (χ0n) is 17.4. The molecule has 2 aromatic heterocycles. The first kappa shape index (κ1) is 19.2. The molecule has 154 valence electrons. The predicted molar refractivity (Wildman–Crippen MR) is 120 cm³/mol. The van der Waals surface area contributed by atoms with Crippen molar-refractivity contribution in [1.29, 1.82) is 0 Å². The Bertz CT molecular complexity index is 1080. The van der Waals surface area contributed by atoms with Gasteiger partial charge in [-0.1, -0.05) is 12.1 Å². The minimum Gasteiger partial charge on any atom is -0.384 e. The summed E-state index contributed by atoms with van der Waals surface area (Å²) in [5.74, 6) is -0.0170. The van der Waals surface area contributed by atoms with E-state index < -0.39 is 0 Å². The number of carbonyl (C=O) groups is 1. The molecule has 0 atom stereocenters. The number of pyridine rings is 2. The average Bonchev–Trinajstić information content (AvgIpc) is 2.78. The van der Waals surface area contributed by atoms with Gasteiger partial charge in [-0.05, 0) is 50.0 Å². The van der Waals surface area contributed by atoms with Crippen LogP contribution in [0.5, 0.6) is 0 Å². The van der Waals surface area contributed by atoms with Crippen LogP contribution in [0.3, 0.4) is 0 Å². The molecular weight excluding hydrogens is 374 g/mol. The quantitative estimate of drug-likeness (QED) is 0.501. The smallest absolute Gasteiger partial charge is 0.214 e. The number of unbranched alkanes of at least 4 members (excludes halogenated alkanes) is 1. The van der Waals surface area contributed by atoms with E-state index in [-0.39, 0.29) is 5.78 Å². The van der Waals surface area contributed by atoms with Crippen LogP contribution in [0, 0.1) is 0 Å². The van der Waals surface area contributed by atoms with Crippen molar-refractivity contribution < 1.29 is 4.79 Å².